The summed E-state index contributed by atoms with van der Waals surface area (Å²) in [5, 5.41) is 4.58. The second-order valence-electron chi connectivity index (χ2n) is 6.87. The van der Waals surface area contributed by atoms with E-state index in [9.17, 15) is 9.18 Å². The van der Waals surface area contributed by atoms with Gasteiger partial charge in [-0.15, -0.1) is 0 Å². The number of nitrogens with zero attached hydrogens (tertiary/aromatic N) is 3. The number of hydrogen-bond donors (Lipinski definition) is 0. The van der Waals surface area contributed by atoms with Gasteiger partial charge in [0.15, 0.2) is 0 Å². The van der Waals surface area contributed by atoms with E-state index in [4.69, 9.17) is 0 Å². The van der Waals surface area contributed by atoms with E-state index >= 15 is 0 Å². The number of halogens is 1. The van der Waals surface area contributed by atoms with E-state index < -0.39 is 0 Å². The standard InChI is InChI=1S/C22H22FN3OS/c1-25-20(15-19(24-25)16-7-3-2-4-8-16)22(27)26-12-11-21(28-14-13-26)17-9-5-6-10-18(17)23/h2-10,15,21H,11-14H2,1H3. The van der Waals surface area contributed by atoms with Gasteiger partial charge in [-0.25, -0.2) is 4.39 Å². The van der Waals surface area contributed by atoms with Crippen LogP contribution >= 0.6 is 11.8 Å². The Bertz CT molecular complexity index is 973. The third-order valence-electron chi connectivity index (χ3n) is 5.05. The minimum absolute atomic E-state index is 0.0213. The van der Waals surface area contributed by atoms with Crippen molar-refractivity contribution in [3.63, 3.8) is 0 Å². The molecule has 0 spiro atoms. The van der Waals surface area contributed by atoms with Gasteiger partial charge in [0.25, 0.3) is 5.91 Å². The number of amides is 1. The summed E-state index contributed by atoms with van der Waals surface area (Å²) in [5.41, 5.74) is 3.09. The van der Waals surface area contributed by atoms with Crippen LogP contribution in [0.5, 0.6) is 0 Å². The average molecular weight is 396 g/mol. The number of rotatable bonds is 3. The molecular weight excluding hydrogens is 373 g/mol. The lowest BCUT2D eigenvalue weighted by Crippen LogP contribution is -2.34. The Morgan fingerprint density at radius 3 is 2.64 bits per heavy atom. The Labute approximate surface area is 168 Å². The Morgan fingerprint density at radius 1 is 1.11 bits per heavy atom. The van der Waals surface area contributed by atoms with E-state index in [1.807, 2.05) is 53.4 Å². The van der Waals surface area contributed by atoms with Crippen LogP contribution in [0.4, 0.5) is 4.39 Å². The van der Waals surface area contributed by atoms with E-state index in [1.54, 1.807) is 29.6 Å². The maximum absolute atomic E-state index is 14.1. The van der Waals surface area contributed by atoms with Gasteiger partial charge in [0.1, 0.15) is 11.5 Å². The highest BCUT2D eigenvalue weighted by atomic mass is 32.2. The van der Waals surface area contributed by atoms with Gasteiger partial charge >= 0.3 is 0 Å². The van der Waals surface area contributed by atoms with Gasteiger partial charge in [0.2, 0.25) is 0 Å². The zero-order valence-corrected chi connectivity index (χ0v) is 16.5. The maximum Gasteiger partial charge on any atom is 0.272 e. The van der Waals surface area contributed by atoms with Crippen LogP contribution in [-0.2, 0) is 7.05 Å². The Hall–Kier alpha value is -2.60. The third-order valence-corrected chi connectivity index (χ3v) is 6.36. The Balaban J connectivity index is 1.50. The molecule has 144 valence electrons. The molecule has 1 unspecified atom stereocenters. The smallest absolute Gasteiger partial charge is 0.272 e. The first kappa shape index (κ1) is 18.7. The zero-order chi connectivity index (χ0) is 19.5. The van der Waals surface area contributed by atoms with Gasteiger partial charge in [-0.05, 0) is 18.6 Å². The van der Waals surface area contributed by atoms with Crippen molar-refractivity contribution >= 4 is 17.7 Å². The van der Waals surface area contributed by atoms with Crippen LogP contribution in [-0.4, -0.2) is 39.4 Å². The molecule has 2 heterocycles. The first-order valence-corrected chi connectivity index (χ1v) is 10.4. The molecule has 0 radical (unpaired) electrons. The molecule has 0 aliphatic carbocycles. The number of aromatic nitrogens is 2. The molecule has 3 aromatic rings. The first-order chi connectivity index (χ1) is 13.6. The molecule has 1 saturated heterocycles. The summed E-state index contributed by atoms with van der Waals surface area (Å²) in [6.07, 6.45) is 0.737. The summed E-state index contributed by atoms with van der Waals surface area (Å²) in [6.45, 7) is 1.26. The molecule has 1 atom stereocenters. The number of hydrogen-bond acceptors (Lipinski definition) is 3. The fourth-order valence-electron chi connectivity index (χ4n) is 3.54. The van der Waals surface area contributed by atoms with Crippen LogP contribution in [0.15, 0.2) is 60.7 Å². The number of carbonyl (C=O) groups is 1. The fraction of sp³-hybridized carbons (Fsp3) is 0.273. The lowest BCUT2D eigenvalue weighted by Gasteiger charge is -2.20. The van der Waals surface area contributed by atoms with Crippen molar-refractivity contribution in [1.29, 1.82) is 0 Å². The number of carbonyl (C=O) groups excluding carboxylic acids is 1. The molecule has 4 rings (SSSR count). The van der Waals surface area contributed by atoms with Gasteiger partial charge in [0, 0.05) is 42.3 Å². The Morgan fingerprint density at radius 2 is 1.86 bits per heavy atom. The predicted octanol–water partition coefficient (Wildman–Crippen LogP) is 4.55. The van der Waals surface area contributed by atoms with Crippen LogP contribution in [0.3, 0.4) is 0 Å². The van der Waals surface area contributed by atoms with Crippen molar-refractivity contribution in [3.05, 3.63) is 77.7 Å². The average Bonchev–Trinajstić information content (AvgIpc) is 2.95. The molecule has 1 fully saturated rings. The molecule has 1 aliphatic rings. The predicted molar refractivity (Wildman–Crippen MR) is 111 cm³/mol. The van der Waals surface area contributed by atoms with Crippen LogP contribution in [0.25, 0.3) is 11.3 Å². The molecule has 4 nitrogen and oxygen atoms in total. The van der Waals surface area contributed by atoms with Crippen molar-refractivity contribution in [2.45, 2.75) is 11.7 Å². The van der Waals surface area contributed by atoms with Crippen molar-refractivity contribution in [3.8, 4) is 11.3 Å². The van der Waals surface area contributed by atoms with E-state index in [1.165, 1.54) is 6.07 Å². The highest BCUT2D eigenvalue weighted by Crippen LogP contribution is 2.36. The largest absolute Gasteiger partial charge is 0.336 e. The molecular formula is C22H22FN3OS. The van der Waals surface area contributed by atoms with E-state index in [-0.39, 0.29) is 17.0 Å². The molecule has 0 saturated carbocycles. The molecule has 2 aromatic carbocycles. The normalized spacial score (nSPS) is 17.4. The highest BCUT2D eigenvalue weighted by molar-refractivity contribution is 7.99. The molecule has 1 aliphatic heterocycles. The third kappa shape index (κ3) is 3.83. The molecule has 1 aromatic heterocycles. The minimum atomic E-state index is -0.168. The van der Waals surface area contributed by atoms with Crippen molar-refractivity contribution < 1.29 is 9.18 Å². The topological polar surface area (TPSA) is 38.1 Å². The molecule has 28 heavy (non-hydrogen) atoms. The van der Waals surface area contributed by atoms with Crippen molar-refractivity contribution in [2.24, 2.45) is 7.05 Å². The Kier molecular flexibility index (Phi) is 5.48. The van der Waals surface area contributed by atoms with E-state index in [0.717, 1.165) is 29.0 Å². The van der Waals surface area contributed by atoms with Crippen molar-refractivity contribution in [1.82, 2.24) is 14.7 Å². The lowest BCUT2D eigenvalue weighted by molar-refractivity contribution is 0.0755. The number of thioether (sulfide) groups is 1. The van der Waals surface area contributed by atoms with Gasteiger partial charge in [0.05, 0.1) is 5.69 Å². The number of aryl methyl sites for hydroxylation is 1. The zero-order valence-electron chi connectivity index (χ0n) is 15.7. The summed E-state index contributed by atoms with van der Waals surface area (Å²) >= 11 is 1.72. The van der Waals surface area contributed by atoms with E-state index in [0.29, 0.717) is 18.8 Å². The minimum Gasteiger partial charge on any atom is -0.336 e. The summed E-state index contributed by atoms with van der Waals surface area (Å²) in [5.74, 6) is 0.597. The SMILES string of the molecule is Cn1nc(-c2ccccc2)cc1C(=O)N1CCSC(c2ccccc2F)CC1. The molecule has 1 amide bonds. The van der Waals surface area contributed by atoms with Crippen LogP contribution < -0.4 is 0 Å². The second kappa shape index (κ2) is 8.19. The summed E-state index contributed by atoms with van der Waals surface area (Å²) in [4.78, 5) is 15.0. The molecule has 0 N–H and O–H groups in total. The second-order valence-corrected chi connectivity index (χ2v) is 8.18. The molecule has 6 heteroatoms. The van der Waals surface area contributed by atoms with Gasteiger partial charge in [-0.3, -0.25) is 9.48 Å². The van der Waals surface area contributed by atoms with Crippen molar-refractivity contribution in [2.75, 3.05) is 18.8 Å². The lowest BCUT2D eigenvalue weighted by atomic mass is 10.1. The highest BCUT2D eigenvalue weighted by Gasteiger charge is 2.26. The monoisotopic (exact) mass is 395 g/mol. The van der Waals surface area contributed by atoms with E-state index in [2.05, 4.69) is 5.10 Å². The van der Waals surface area contributed by atoms with Gasteiger partial charge in [-0.1, -0.05) is 48.5 Å². The fourth-order valence-corrected chi connectivity index (χ4v) is 4.79. The summed E-state index contributed by atoms with van der Waals surface area (Å²) < 4.78 is 15.8. The van der Waals surface area contributed by atoms with Gasteiger partial charge < -0.3 is 4.90 Å². The summed E-state index contributed by atoms with van der Waals surface area (Å²) in [7, 11) is 1.80. The first-order valence-electron chi connectivity index (χ1n) is 9.38. The molecule has 0 bridgehead atoms. The maximum atomic E-state index is 14.1. The summed E-state index contributed by atoms with van der Waals surface area (Å²) in [6, 6.07) is 18.6. The van der Waals surface area contributed by atoms with Crippen LogP contribution in [0.1, 0.15) is 27.7 Å². The number of benzene rings is 2. The van der Waals surface area contributed by atoms with Crippen LogP contribution in [0, 0.1) is 5.82 Å². The van der Waals surface area contributed by atoms with Crippen LogP contribution in [0.2, 0.25) is 0 Å². The van der Waals surface area contributed by atoms with Gasteiger partial charge in [-0.2, -0.15) is 16.9 Å². The quantitative estimate of drug-likeness (QED) is 0.653.